The lowest BCUT2D eigenvalue weighted by atomic mass is 9.98. The second-order valence-electron chi connectivity index (χ2n) is 3.52. The van der Waals surface area contributed by atoms with Gasteiger partial charge < -0.3 is 10.8 Å². The molecule has 3 N–H and O–H groups in total. The molecule has 0 radical (unpaired) electrons. The second-order valence-corrected chi connectivity index (χ2v) is 3.52. The molecular formula is C11H16FNO. The molecule has 0 bridgehead atoms. The summed E-state index contributed by atoms with van der Waals surface area (Å²) in [6, 6.07) is 3.52. The minimum atomic E-state index is -0.792. The maximum atomic E-state index is 13.6. The summed E-state index contributed by atoms with van der Waals surface area (Å²) < 4.78 is 13.6. The van der Waals surface area contributed by atoms with Crippen LogP contribution in [0.3, 0.4) is 0 Å². The largest absolute Gasteiger partial charge is 0.388 e. The quantitative estimate of drug-likeness (QED) is 0.776. The minimum Gasteiger partial charge on any atom is -0.388 e. The van der Waals surface area contributed by atoms with Gasteiger partial charge in [0.15, 0.2) is 0 Å². The van der Waals surface area contributed by atoms with Crippen LogP contribution in [0, 0.1) is 19.7 Å². The highest BCUT2D eigenvalue weighted by Crippen LogP contribution is 2.25. The van der Waals surface area contributed by atoms with Crippen molar-refractivity contribution < 1.29 is 9.50 Å². The summed E-state index contributed by atoms with van der Waals surface area (Å²) in [7, 11) is 0. The van der Waals surface area contributed by atoms with Gasteiger partial charge in [-0.3, -0.25) is 0 Å². The summed E-state index contributed by atoms with van der Waals surface area (Å²) in [5, 5.41) is 9.69. The third-order valence-corrected chi connectivity index (χ3v) is 2.36. The van der Waals surface area contributed by atoms with Crippen molar-refractivity contribution in [2.75, 3.05) is 6.54 Å². The first kappa shape index (κ1) is 11.1. The number of nitrogens with two attached hydrogens (primary N) is 1. The molecule has 78 valence electrons. The van der Waals surface area contributed by atoms with Crippen molar-refractivity contribution in [3.8, 4) is 0 Å². The Kier molecular flexibility index (Phi) is 3.61. The van der Waals surface area contributed by atoms with Crippen LogP contribution in [-0.4, -0.2) is 11.7 Å². The molecule has 3 heteroatoms. The Morgan fingerprint density at radius 3 is 2.50 bits per heavy atom. The number of aliphatic hydroxyl groups is 1. The first-order valence-electron chi connectivity index (χ1n) is 4.71. The summed E-state index contributed by atoms with van der Waals surface area (Å²) >= 11 is 0. The third-order valence-electron chi connectivity index (χ3n) is 2.36. The monoisotopic (exact) mass is 197 g/mol. The van der Waals surface area contributed by atoms with Crippen LogP contribution in [0.4, 0.5) is 4.39 Å². The van der Waals surface area contributed by atoms with E-state index in [2.05, 4.69) is 0 Å². The molecule has 14 heavy (non-hydrogen) atoms. The molecule has 1 aromatic rings. The first-order chi connectivity index (χ1) is 6.57. The van der Waals surface area contributed by atoms with E-state index in [0.717, 1.165) is 5.56 Å². The molecule has 1 atom stereocenters. The molecule has 0 aliphatic carbocycles. The van der Waals surface area contributed by atoms with Crippen LogP contribution in [0.15, 0.2) is 12.1 Å². The summed E-state index contributed by atoms with van der Waals surface area (Å²) in [6.07, 6.45) is -0.402. The number of rotatable bonds is 3. The van der Waals surface area contributed by atoms with E-state index in [1.54, 1.807) is 19.9 Å². The van der Waals surface area contributed by atoms with E-state index < -0.39 is 6.10 Å². The average molecular weight is 197 g/mol. The lowest BCUT2D eigenvalue weighted by Crippen LogP contribution is -2.10. The van der Waals surface area contributed by atoms with Gasteiger partial charge in [-0.05, 0) is 37.9 Å². The van der Waals surface area contributed by atoms with Crippen LogP contribution in [0.2, 0.25) is 0 Å². The highest BCUT2D eigenvalue weighted by Gasteiger charge is 2.16. The second kappa shape index (κ2) is 4.53. The molecule has 2 nitrogen and oxygen atoms in total. The zero-order chi connectivity index (χ0) is 10.7. The van der Waals surface area contributed by atoms with E-state index in [1.165, 1.54) is 0 Å². The highest BCUT2D eigenvalue weighted by molar-refractivity contribution is 5.34. The van der Waals surface area contributed by atoms with E-state index in [0.29, 0.717) is 24.1 Å². The number of hydrogen-bond acceptors (Lipinski definition) is 2. The van der Waals surface area contributed by atoms with Gasteiger partial charge in [-0.2, -0.15) is 0 Å². The van der Waals surface area contributed by atoms with Gasteiger partial charge in [-0.25, -0.2) is 4.39 Å². The van der Waals surface area contributed by atoms with Gasteiger partial charge in [0.05, 0.1) is 6.10 Å². The van der Waals surface area contributed by atoms with Crippen molar-refractivity contribution in [2.24, 2.45) is 5.73 Å². The van der Waals surface area contributed by atoms with E-state index in [4.69, 9.17) is 5.73 Å². The van der Waals surface area contributed by atoms with Crippen LogP contribution in [0.25, 0.3) is 0 Å². The molecule has 0 saturated carbocycles. The normalized spacial score (nSPS) is 12.9. The lowest BCUT2D eigenvalue weighted by molar-refractivity contribution is 0.164. The molecule has 0 aromatic heterocycles. The molecule has 1 aromatic carbocycles. The van der Waals surface area contributed by atoms with Gasteiger partial charge in [0, 0.05) is 5.56 Å². The molecule has 0 heterocycles. The molecule has 0 spiro atoms. The Balaban J connectivity index is 3.11. The topological polar surface area (TPSA) is 46.2 Å². The molecule has 0 saturated heterocycles. The fraction of sp³-hybridized carbons (Fsp3) is 0.455. The van der Waals surface area contributed by atoms with Crippen LogP contribution >= 0.6 is 0 Å². The predicted octanol–water partition coefficient (Wildman–Crippen LogP) is 1.82. The van der Waals surface area contributed by atoms with Crippen LogP contribution < -0.4 is 5.73 Å². The van der Waals surface area contributed by atoms with Gasteiger partial charge in [-0.15, -0.1) is 0 Å². The molecule has 1 unspecified atom stereocenters. The Labute approximate surface area is 83.6 Å². The van der Waals surface area contributed by atoms with Crippen LogP contribution in [0.5, 0.6) is 0 Å². The zero-order valence-corrected chi connectivity index (χ0v) is 8.55. The van der Waals surface area contributed by atoms with Gasteiger partial charge >= 0.3 is 0 Å². The molecule has 0 aliphatic heterocycles. The first-order valence-corrected chi connectivity index (χ1v) is 4.71. The van der Waals surface area contributed by atoms with Crippen molar-refractivity contribution in [1.82, 2.24) is 0 Å². The minimum absolute atomic E-state index is 0.314. The van der Waals surface area contributed by atoms with Gasteiger partial charge in [0.2, 0.25) is 0 Å². The Bertz CT molecular complexity index is 325. The molecule has 0 amide bonds. The molecular weight excluding hydrogens is 181 g/mol. The van der Waals surface area contributed by atoms with Crippen molar-refractivity contribution in [3.05, 3.63) is 34.6 Å². The van der Waals surface area contributed by atoms with Crippen molar-refractivity contribution in [3.63, 3.8) is 0 Å². The smallest absolute Gasteiger partial charge is 0.132 e. The van der Waals surface area contributed by atoms with E-state index >= 15 is 0 Å². The van der Waals surface area contributed by atoms with Gasteiger partial charge in [-0.1, -0.05) is 12.1 Å². The highest BCUT2D eigenvalue weighted by atomic mass is 19.1. The number of benzene rings is 1. The standard InChI is InChI=1S/C11H16FNO/c1-7-3-4-8(2)11(12)10(7)9(14)5-6-13/h3-4,9,14H,5-6,13H2,1-2H3. The number of halogens is 1. The zero-order valence-electron chi connectivity index (χ0n) is 8.55. The maximum absolute atomic E-state index is 13.6. The van der Waals surface area contributed by atoms with Gasteiger partial charge in [0.1, 0.15) is 5.82 Å². The fourth-order valence-corrected chi connectivity index (χ4v) is 1.51. The fourth-order valence-electron chi connectivity index (χ4n) is 1.51. The summed E-state index contributed by atoms with van der Waals surface area (Å²) in [5.74, 6) is -0.314. The Morgan fingerprint density at radius 1 is 1.36 bits per heavy atom. The summed E-state index contributed by atoms with van der Waals surface area (Å²) in [4.78, 5) is 0. The van der Waals surface area contributed by atoms with Crippen molar-refractivity contribution in [2.45, 2.75) is 26.4 Å². The van der Waals surface area contributed by atoms with Crippen molar-refractivity contribution in [1.29, 1.82) is 0 Å². The predicted molar refractivity (Wildman–Crippen MR) is 54.5 cm³/mol. The summed E-state index contributed by atoms with van der Waals surface area (Å²) in [6.45, 7) is 3.83. The van der Waals surface area contributed by atoms with E-state index in [1.807, 2.05) is 6.07 Å². The molecule has 1 rings (SSSR count). The number of aliphatic hydroxyl groups excluding tert-OH is 1. The van der Waals surface area contributed by atoms with Gasteiger partial charge in [0.25, 0.3) is 0 Å². The van der Waals surface area contributed by atoms with Crippen LogP contribution in [-0.2, 0) is 0 Å². The summed E-state index contributed by atoms with van der Waals surface area (Å²) in [5.41, 5.74) is 7.04. The third kappa shape index (κ3) is 2.11. The Morgan fingerprint density at radius 2 is 1.93 bits per heavy atom. The van der Waals surface area contributed by atoms with E-state index in [9.17, 15) is 9.50 Å². The number of aryl methyl sites for hydroxylation is 2. The maximum Gasteiger partial charge on any atom is 0.132 e. The van der Waals surface area contributed by atoms with E-state index in [-0.39, 0.29) is 5.82 Å². The molecule has 0 aliphatic rings. The lowest BCUT2D eigenvalue weighted by Gasteiger charge is -2.15. The van der Waals surface area contributed by atoms with Crippen molar-refractivity contribution >= 4 is 0 Å². The molecule has 0 fully saturated rings. The Hall–Kier alpha value is -0.930. The SMILES string of the molecule is Cc1ccc(C)c(C(O)CCN)c1F. The van der Waals surface area contributed by atoms with Crippen LogP contribution in [0.1, 0.15) is 29.2 Å². The number of hydrogen-bond donors (Lipinski definition) is 2. The average Bonchev–Trinajstić information content (AvgIpc) is 2.13.